The summed E-state index contributed by atoms with van der Waals surface area (Å²) in [5.41, 5.74) is 7.49. The number of pyridine rings is 2. The average Bonchev–Trinajstić information content (AvgIpc) is 3.36. The van der Waals surface area contributed by atoms with Gasteiger partial charge in [-0.3, -0.25) is 29.8 Å². The molecule has 0 aromatic carbocycles. The maximum Gasteiger partial charge on any atom is 0.270 e. The van der Waals surface area contributed by atoms with Crippen molar-refractivity contribution in [1.29, 1.82) is 0 Å². The number of hydrogen-bond acceptors (Lipinski definition) is 7. The van der Waals surface area contributed by atoms with Crippen molar-refractivity contribution in [1.82, 2.24) is 30.8 Å². The summed E-state index contributed by atoms with van der Waals surface area (Å²) in [6, 6.07) is 8.84. The number of hydrogen-bond donors (Lipinski definition) is 4. The van der Waals surface area contributed by atoms with Crippen molar-refractivity contribution in [3.8, 4) is 0 Å². The van der Waals surface area contributed by atoms with E-state index in [2.05, 4.69) is 26.6 Å². The first-order valence-electron chi connectivity index (χ1n) is 12.8. The zero-order valence-electron chi connectivity index (χ0n) is 20.5. The molecule has 0 atom stereocenters. The second-order valence-electron chi connectivity index (χ2n) is 9.39. The van der Waals surface area contributed by atoms with E-state index in [1.54, 1.807) is 29.2 Å². The van der Waals surface area contributed by atoms with Crippen LogP contribution in [0.2, 0.25) is 0 Å². The minimum Gasteiger partial charge on any atom is -0.345 e. The number of unbranched alkanes of at least 4 members (excludes halogenated alkanes) is 1. The molecule has 0 spiro atoms. The standard InChI is InChI=1S/C26H35N7O3/c34-24(16-20-8-2-1-3-9-20)29-21-11-15-32(25(35)17-21)13-6-7-14-33-19-23(30-31-33)26(36)28-18-22-10-4-5-12-27-22/h4-5,10-12,15,17,19-20,30-31H,1-3,6-9,13-14,16,18H2,(H,28,36)(H,29,34). The van der Waals surface area contributed by atoms with Gasteiger partial charge in [0.15, 0.2) is 0 Å². The smallest absolute Gasteiger partial charge is 0.270 e. The summed E-state index contributed by atoms with van der Waals surface area (Å²) in [5, 5.41) is 7.51. The third-order valence-corrected chi connectivity index (χ3v) is 6.55. The Kier molecular flexibility index (Phi) is 9.09. The summed E-state index contributed by atoms with van der Waals surface area (Å²) in [4.78, 5) is 41.3. The predicted octanol–water partition coefficient (Wildman–Crippen LogP) is 2.42. The molecule has 0 unspecified atom stereocenters. The second-order valence-corrected chi connectivity index (χ2v) is 9.39. The van der Waals surface area contributed by atoms with Crippen molar-refractivity contribution < 1.29 is 9.59 Å². The van der Waals surface area contributed by atoms with Gasteiger partial charge in [0.2, 0.25) is 5.91 Å². The first kappa shape index (κ1) is 25.4. The Morgan fingerprint density at radius 2 is 1.92 bits per heavy atom. The van der Waals surface area contributed by atoms with Crippen LogP contribution in [0.4, 0.5) is 5.69 Å². The number of nitrogens with one attached hydrogen (secondary N) is 4. The Balaban J connectivity index is 1.15. The molecule has 2 aliphatic rings. The quantitative estimate of drug-likeness (QED) is 0.355. The van der Waals surface area contributed by atoms with Crippen LogP contribution in [0.3, 0.4) is 0 Å². The third-order valence-electron chi connectivity index (χ3n) is 6.55. The molecule has 10 nitrogen and oxygen atoms in total. The summed E-state index contributed by atoms with van der Waals surface area (Å²) < 4.78 is 1.65. The number of aromatic nitrogens is 2. The molecule has 2 aromatic rings. The van der Waals surface area contributed by atoms with Crippen molar-refractivity contribution >= 4 is 17.5 Å². The van der Waals surface area contributed by atoms with E-state index >= 15 is 0 Å². The molecular weight excluding hydrogens is 458 g/mol. The van der Waals surface area contributed by atoms with Gasteiger partial charge in [-0.1, -0.05) is 25.3 Å². The van der Waals surface area contributed by atoms with Gasteiger partial charge in [0, 0.05) is 49.9 Å². The molecule has 4 rings (SSSR count). The molecule has 2 amide bonds. The first-order chi connectivity index (χ1) is 17.6. The molecule has 0 saturated heterocycles. The number of carbonyl (C=O) groups is 2. The Morgan fingerprint density at radius 3 is 2.69 bits per heavy atom. The van der Waals surface area contributed by atoms with Crippen molar-refractivity contribution in [3.63, 3.8) is 0 Å². The Bertz CT molecular complexity index is 1110. The lowest BCUT2D eigenvalue weighted by molar-refractivity contribution is -0.118. The van der Waals surface area contributed by atoms with E-state index in [0.29, 0.717) is 43.4 Å². The average molecular weight is 494 g/mol. The highest BCUT2D eigenvalue weighted by Crippen LogP contribution is 2.26. The number of nitrogens with zero attached hydrogens (tertiary/aromatic N) is 3. The molecule has 3 heterocycles. The molecule has 192 valence electrons. The molecule has 1 aliphatic heterocycles. The van der Waals surface area contributed by atoms with Gasteiger partial charge >= 0.3 is 0 Å². The van der Waals surface area contributed by atoms with Crippen LogP contribution in [-0.2, 0) is 22.7 Å². The van der Waals surface area contributed by atoms with Crippen LogP contribution in [0.5, 0.6) is 0 Å². The molecule has 2 aromatic heterocycles. The summed E-state index contributed by atoms with van der Waals surface area (Å²) >= 11 is 0. The molecular formula is C26H35N7O3. The minimum absolute atomic E-state index is 0.0105. The van der Waals surface area contributed by atoms with Gasteiger partial charge in [-0.25, -0.2) is 0 Å². The lowest BCUT2D eigenvalue weighted by Gasteiger charge is -2.20. The highest BCUT2D eigenvalue weighted by atomic mass is 16.2. The van der Waals surface area contributed by atoms with Crippen LogP contribution in [-0.4, -0.2) is 32.9 Å². The molecule has 4 N–H and O–H groups in total. The van der Waals surface area contributed by atoms with Crippen LogP contribution in [0.1, 0.15) is 57.1 Å². The first-order valence-corrected chi connectivity index (χ1v) is 12.8. The zero-order chi connectivity index (χ0) is 25.2. The molecule has 0 bridgehead atoms. The van der Waals surface area contributed by atoms with Gasteiger partial charge in [0.25, 0.3) is 11.5 Å². The molecule has 36 heavy (non-hydrogen) atoms. The topological polar surface area (TPSA) is 120 Å². The maximum atomic E-state index is 12.5. The van der Waals surface area contributed by atoms with Crippen LogP contribution in [0.25, 0.3) is 0 Å². The summed E-state index contributed by atoms with van der Waals surface area (Å²) in [5.74, 6) is 0.239. The van der Waals surface area contributed by atoms with Gasteiger partial charge in [0.1, 0.15) is 5.70 Å². The van der Waals surface area contributed by atoms with E-state index in [0.717, 1.165) is 31.4 Å². The zero-order valence-corrected chi connectivity index (χ0v) is 20.5. The van der Waals surface area contributed by atoms with E-state index in [1.807, 2.05) is 23.2 Å². The van der Waals surface area contributed by atoms with Crippen LogP contribution in [0, 0.1) is 5.92 Å². The van der Waals surface area contributed by atoms with Crippen molar-refractivity contribution in [2.75, 3.05) is 11.9 Å². The highest BCUT2D eigenvalue weighted by Gasteiger charge is 2.18. The number of rotatable bonds is 11. The fraction of sp³-hybridized carbons (Fsp3) is 0.462. The fourth-order valence-corrected chi connectivity index (χ4v) is 4.56. The van der Waals surface area contributed by atoms with Gasteiger partial charge in [0.05, 0.1) is 12.2 Å². The highest BCUT2D eigenvalue weighted by molar-refractivity contribution is 5.92. The van der Waals surface area contributed by atoms with E-state index in [-0.39, 0.29) is 17.4 Å². The van der Waals surface area contributed by atoms with E-state index < -0.39 is 0 Å². The van der Waals surface area contributed by atoms with Gasteiger partial charge in [-0.2, -0.15) is 0 Å². The third kappa shape index (κ3) is 7.67. The summed E-state index contributed by atoms with van der Waals surface area (Å²) in [6.45, 7) is 1.61. The van der Waals surface area contributed by atoms with Crippen LogP contribution in [0.15, 0.2) is 59.4 Å². The fourth-order valence-electron chi connectivity index (χ4n) is 4.56. The van der Waals surface area contributed by atoms with Crippen molar-refractivity contribution in [2.45, 2.75) is 64.5 Å². The molecule has 10 heteroatoms. The van der Waals surface area contributed by atoms with Crippen molar-refractivity contribution in [2.24, 2.45) is 5.92 Å². The Labute approximate surface area is 211 Å². The molecule has 1 saturated carbocycles. The van der Waals surface area contributed by atoms with E-state index in [4.69, 9.17) is 0 Å². The normalized spacial score (nSPS) is 15.8. The number of carbonyl (C=O) groups excluding carboxylic acids is 2. The Hall–Kier alpha value is -3.66. The largest absolute Gasteiger partial charge is 0.345 e. The predicted molar refractivity (Wildman–Crippen MR) is 137 cm³/mol. The van der Waals surface area contributed by atoms with E-state index in [1.165, 1.54) is 25.3 Å². The Morgan fingerprint density at radius 1 is 1.08 bits per heavy atom. The number of amides is 2. The summed E-state index contributed by atoms with van der Waals surface area (Å²) in [6.07, 6.45) is 13.2. The summed E-state index contributed by atoms with van der Waals surface area (Å²) in [7, 11) is 0. The second kappa shape index (κ2) is 12.9. The molecule has 1 fully saturated rings. The molecule has 0 radical (unpaired) electrons. The van der Waals surface area contributed by atoms with Gasteiger partial charge in [-0.05, 0) is 49.8 Å². The lowest BCUT2D eigenvalue weighted by atomic mass is 9.87. The lowest BCUT2D eigenvalue weighted by Crippen LogP contribution is -2.39. The monoisotopic (exact) mass is 493 g/mol. The van der Waals surface area contributed by atoms with Gasteiger partial charge < -0.3 is 15.2 Å². The maximum absolute atomic E-state index is 12.5. The SMILES string of the molecule is O=C(CC1CCCCC1)Nc1ccn(CCCCN2C=C(C(=O)NCc3ccccn3)NN2)c(=O)c1. The number of aryl methyl sites for hydroxylation is 1. The van der Waals surface area contributed by atoms with Crippen LogP contribution < -0.4 is 27.2 Å². The van der Waals surface area contributed by atoms with E-state index in [9.17, 15) is 14.4 Å². The van der Waals surface area contributed by atoms with Crippen LogP contribution >= 0.6 is 0 Å². The van der Waals surface area contributed by atoms with Gasteiger partial charge in [-0.15, -0.1) is 5.53 Å². The molecule has 1 aliphatic carbocycles. The number of anilines is 1. The number of hydrazine groups is 2. The minimum atomic E-state index is -0.215. The van der Waals surface area contributed by atoms with Crippen molar-refractivity contribution in [3.05, 3.63) is 70.7 Å².